The molecule has 0 spiro atoms. The highest BCUT2D eigenvalue weighted by atomic mass is 16.5. The van der Waals surface area contributed by atoms with E-state index in [1.54, 1.807) is 13.2 Å². The second kappa shape index (κ2) is 11.8. The number of hydrogen-bond acceptors (Lipinski definition) is 4. The minimum Gasteiger partial charge on any atom is -0.507 e. The molecule has 0 saturated heterocycles. The molecule has 164 valence electrons. The average Bonchev–Trinajstić information content (AvgIpc) is 2.74. The first kappa shape index (κ1) is 24.0. The molecule has 4 atom stereocenters. The van der Waals surface area contributed by atoms with Gasteiger partial charge in [-0.1, -0.05) is 48.5 Å². The largest absolute Gasteiger partial charge is 0.507 e. The number of rotatable bonds is 11. The summed E-state index contributed by atoms with van der Waals surface area (Å²) in [5.41, 5.74) is 3.42. The molecule has 1 aliphatic rings. The Morgan fingerprint density at radius 1 is 1.23 bits per heavy atom. The van der Waals surface area contributed by atoms with Crippen LogP contribution < -0.4 is 10.1 Å². The molecule has 0 heterocycles. The molecule has 3 N–H and O–H groups in total. The van der Waals surface area contributed by atoms with Crippen molar-refractivity contribution < 1.29 is 14.9 Å². The number of aliphatic hydroxyl groups excluding tert-OH is 1. The van der Waals surface area contributed by atoms with E-state index in [0.717, 1.165) is 24.9 Å². The normalized spacial score (nSPS) is 21.1. The van der Waals surface area contributed by atoms with Gasteiger partial charge in [-0.15, -0.1) is 6.58 Å². The molecule has 0 bridgehead atoms. The number of nitrogens with one attached hydrogen (secondary N) is 1. The highest BCUT2D eigenvalue weighted by Crippen LogP contribution is 2.28. The fourth-order valence-electron chi connectivity index (χ4n) is 3.74. The van der Waals surface area contributed by atoms with Gasteiger partial charge in [0.15, 0.2) is 0 Å². The second-order valence-electron chi connectivity index (χ2n) is 8.24. The van der Waals surface area contributed by atoms with Crippen LogP contribution in [0.1, 0.15) is 39.2 Å². The van der Waals surface area contributed by atoms with E-state index in [2.05, 4.69) is 50.9 Å². The SMILES string of the molecule is C=CC(C)[C@H](CO)CNC1C=C(C)C(C)=CC1CC/C=C/c1ccc(OC)cc1O. The van der Waals surface area contributed by atoms with Crippen molar-refractivity contribution >= 4 is 6.08 Å². The molecule has 0 saturated carbocycles. The molecule has 0 aliphatic heterocycles. The molecule has 0 aromatic heterocycles. The molecule has 4 heteroatoms. The molecule has 0 amide bonds. The zero-order chi connectivity index (χ0) is 22.1. The van der Waals surface area contributed by atoms with E-state index in [9.17, 15) is 10.2 Å². The number of allylic oxidation sites excluding steroid dienone is 4. The van der Waals surface area contributed by atoms with Crippen LogP contribution in [-0.2, 0) is 0 Å². The summed E-state index contributed by atoms with van der Waals surface area (Å²) in [5.74, 6) is 1.70. The lowest BCUT2D eigenvalue weighted by molar-refractivity contribution is 0.191. The third-order valence-corrected chi connectivity index (χ3v) is 6.14. The Bertz CT molecular complexity index is 793. The van der Waals surface area contributed by atoms with E-state index >= 15 is 0 Å². The first-order valence-electron chi connectivity index (χ1n) is 10.8. The van der Waals surface area contributed by atoms with E-state index in [-0.39, 0.29) is 30.2 Å². The Balaban J connectivity index is 1.98. The van der Waals surface area contributed by atoms with E-state index in [4.69, 9.17) is 4.74 Å². The summed E-state index contributed by atoms with van der Waals surface area (Å²) in [5, 5.41) is 23.5. The average molecular weight is 412 g/mol. The van der Waals surface area contributed by atoms with Crippen LogP contribution in [0.5, 0.6) is 11.5 Å². The number of phenolic OH excluding ortho intramolecular Hbond substituents is 1. The van der Waals surface area contributed by atoms with Crippen molar-refractivity contribution in [2.75, 3.05) is 20.3 Å². The molecular weight excluding hydrogens is 374 g/mol. The highest BCUT2D eigenvalue weighted by molar-refractivity contribution is 5.58. The van der Waals surface area contributed by atoms with Crippen molar-refractivity contribution in [3.8, 4) is 11.5 Å². The molecule has 30 heavy (non-hydrogen) atoms. The molecule has 3 unspecified atom stereocenters. The number of phenols is 1. The van der Waals surface area contributed by atoms with Crippen molar-refractivity contribution in [2.24, 2.45) is 17.8 Å². The number of benzene rings is 1. The van der Waals surface area contributed by atoms with Crippen LogP contribution in [0.3, 0.4) is 0 Å². The van der Waals surface area contributed by atoms with Crippen molar-refractivity contribution in [2.45, 2.75) is 39.7 Å². The van der Waals surface area contributed by atoms with E-state index < -0.39 is 0 Å². The van der Waals surface area contributed by atoms with E-state index in [1.165, 1.54) is 11.1 Å². The van der Waals surface area contributed by atoms with Crippen LogP contribution in [0.25, 0.3) is 6.08 Å². The Hall–Kier alpha value is -2.30. The Kier molecular flexibility index (Phi) is 9.41. The summed E-state index contributed by atoms with van der Waals surface area (Å²) in [6.45, 7) is 11.2. The minimum atomic E-state index is 0.156. The van der Waals surface area contributed by atoms with Gasteiger partial charge >= 0.3 is 0 Å². The monoisotopic (exact) mass is 411 g/mol. The summed E-state index contributed by atoms with van der Waals surface area (Å²) in [6, 6.07) is 5.59. The number of aromatic hydroxyl groups is 1. The third-order valence-electron chi connectivity index (χ3n) is 6.14. The van der Waals surface area contributed by atoms with Gasteiger partial charge in [0, 0.05) is 36.7 Å². The van der Waals surface area contributed by atoms with Gasteiger partial charge in [-0.05, 0) is 50.7 Å². The molecule has 2 rings (SSSR count). The minimum absolute atomic E-state index is 0.156. The fraction of sp³-hybridized carbons (Fsp3) is 0.462. The van der Waals surface area contributed by atoms with Crippen LogP contribution >= 0.6 is 0 Å². The lowest BCUT2D eigenvalue weighted by Gasteiger charge is -2.30. The molecule has 0 radical (unpaired) electrons. The van der Waals surface area contributed by atoms with Gasteiger partial charge in [0.1, 0.15) is 11.5 Å². The molecular formula is C26H37NO3. The lowest BCUT2D eigenvalue weighted by atomic mass is 9.84. The number of methoxy groups -OCH3 is 1. The topological polar surface area (TPSA) is 61.7 Å². The van der Waals surface area contributed by atoms with Gasteiger partial charge in [-0.3, -0.25) is 0 Å². The maximum atomic E-state index is 10.1. The fourth-order valence-corrected chi connectivity index (χ4v) is 3.74. The van der Waals surface area contributed by atoms with Crippen LogP contribution in [-0.4, -0.2) is 36.5 Å². The lowest BCUT2D eigenvalue weighted by Crippen LogP contribution is -2.40. The van der Waals surface area contributed by atoms with E-state index in [0.29, 0.717) is 11.7 Å². The number of aliphatic hydroxyl groups is 1. The number of ether oxygens (including phenoxy) is 1. The van der Waals surface area contributed by atoms with Crippen LogP contribution in [0.2, 0.25) is 0 Å². The zero-order valence-electron chi connectivity index (χ0n) is 18.8. The van der Waals surface area contributed by atoms with Gasteiger partial charge in [0.05, 0.1) is 7.11 Å². The number of hydrogen-bond donors (Lipinski definition) is 3. The van der Waals surface area contributed by atoms with Crippen molar-refractivity contribution in [1.29, 1.82) is 0 Å². The van der Waals surface area contributed by atoms with Crippen LogP contribution in [0, 0.1) is 17.8 Å². The van der Waals surface area contributed by atoms with Gasteiger partial charge in [0.25, 0.3) is 0 Å². The maximum Gasteiger partial charge on any atom is 0.126 e. The van der Waals surface area contributed by atoms with Crippen molar-refractivity contribution in [3.05, 3.63) is 65.8 Å². The van der Waals surface area contributed by atoms with Gasteiger partial charge < -0.3 is 20.3 Å². The van der Waals surface area contributed by atoms with Crippen molar-refractivity contribution in [1.82, 2.24) is 5.32 Å². The third kappa shape index (κ3) is 6.61. The zero-order valence-corrected chi connectivity index (χ0v) is 18.8. The van der Waals surface area contributed by atoms with Crippen LogP contribution in [0.4, 0.5) is 0 Å². The quantitative estimate of drug-likeness (QED) is 0.443. The van der Waals surface area contributed by atoms with Gasteiger partial charge in [-0.2, -0.15) is 0 Å². The highest BCUT2D eigenvalue weighted by Gasteiger charge is 2.23. The summed E-state index contributed by atoms with van der Waals surface area (Å²) >= 11 is 0. The standard InChI is InChI=1S/C26H37NO3/c1-6-18(2)23(17-28)16-27-25-14-20(4)19(3)13-22(25)10-8-7-9-21-11-12-24(30-5)15-26(21)29/h6-7,9,11-15,18,22-23,25,27-29H,1,8,10,16-17H2,2-5H3/b9-7+/t18?,22?,23-,25?/m0/s1. The first-order valence-corrected chi connectivity index (χ1v) is 10.8. The van der Waals surface area contributed by atoms with Crippen molar-refractivity contribution in [3.63, 3.8) is 0 Å². The summed E-state index contributed by atoms with van der Waals surface area (Å²) in [6.07, 6.45) is 12.6. The van der Waals surface area contributed by atoms with Crippen LogP contribution in [0.15, 0.2) is 60.2 Å². The van der Waals surface area contributed by atoms with Gasteiger partial charge in [-0.25, -0.2) is 0 Å². The molecule has 1 aromatic rings. The van der Waals surface area contributed by atoms with Gasteiger partial charge in [0.2, 0.25) is 0 Å². The molecule has 0 fully saturated rings. The Morgan fingerprint density at radius 3 is 2.60 bits per heavy atom. The Morgan fingerprint density at radius 2 is 1.97 bits per heavy atom. The Labute approximate surface area is 181 Å². The smallest absolute Gasteiger partial charge is 0.126 e. The van der Waals surface area contributed by atoms with E-state index in [1.807, 2.05) is 24.3 Å². The summed E-state index contributed by atoms with van der Waals surface area (Å²) < 4.78 is 5.13. The molecule has 1 aliphatic carbocycles. The predicted octanol–water partition coefficient (Wildman–Crippen LogP) is 5.11. The molecule has 4 nitrogen and oxygen atoms in total. The summed E-state index contributed by atoms with van der Waals surface area (Å²) in [7, 11) is 1.59. The maximum absolute atomic E-state index is 10.1. The predicted molar refractivity (Wildman–Crippen MR) is 126 cm³/mol. The second-order valence-corrected chi connectivity index (χ2v) is 8.24. The first-order chi connectivity index (χ1) is 14.4. The summed E-state index contributed by atoms with van der Waals surface area (Å²) in [4.78, 5) is 0. The molecule has 1 aromatic carbocycles.